The van der Waals surface area contributed by atoms with E-state index in [1.54, 1.807) is 0 Å². The fourth-order valence-electron chi connectivity index (χ4n) is 2.11. The van der Waals surface area contributed by atoms with Crippen LogP contribution in [0.4, 0.5) is 0 Å². The Morgan fingerprint density at radius 3 is 2.75 bits per heavy atom. The molecule has 0 saturated carbocycles. The summed E-state index contributed by atoms with van der Waals surface area (Å²) in [6, 6.07) is 3.85. The Labute approximate surface area is 128 Å². The molecule has 0 spiro atoms. The van der Waals surface area contributed by atoms with E-state index in [1.165, 1.54) is 22.5 Å². The average Bonchev–Trinajstić information content (AvgIpc) is 2.42. The highest BCUT2D eigenvalue weighted by molar-refractivity contribution is 7.89. The SMILES string of the molecule is O=S(=O)(c1ccc(Cl)c(Cl)c1)N1CCOC[C@H]1CCO. The lowest BCUT2D eigenvalue weighted by atomic mass is 10.2. The van der Waals surface area contributed by atoms with Crippen LogP contribution in [0.5, 0.6) is 0 Å². The van der Waals surface area contributed by atoms with Gasteiger partial charge in [0.1, 0.15) is 0 Å². The molecule has 1 atom stereocenters. The van der Waals surface area contributed by atoms with Crippen molar-refractivity contribution in [2.45, 2.75) is 17.4 Å². The zero-order chi connectivity index (χ0) is 14.8. The minimum Gasteiger partial charge on any atom is -0.396 e. The minimum absolute atomic E-state index is 0.0942. The monoisotopic (exact) mass is 339 g/mol. The number of halogens is 2. The van der Waals surface area contributed by atoms with E-state index in [0.717, 1.165) is 0 Å². The quantitative estimate of drug-likeness (QED) is 0.907. The molecule has 5 nitrogen and oxygen atoms in total. The molecule has 0 radical (unpaired) electrons. The van der Waals surface area contributed by atoms with Crippen LogP contribution >= 0.6 is 23.2 Å². The summed E-state index contributed by atoms with van der Waals surface area (Å²) < 4.78 is 31.9. The first-order valence-electron chi connectivity index (χ1n) is 6.12. The van der Waals surface area contributed by atoms with Crippen LogP contribution in [0.2, 0.25) is 10.0 Å². The Kier molecular flexibility index (Phi) is 5.28. The molecule has 1 aliphatic heterocycles. The summed E-state index contributed by atoms with van der Waals surface area (Å²) >= 11 is 11.7. The highest BCUT2D eigenvalue weighted by Gasteiger charge is 2.33. The second-order valence-electron chi connectivity index (χ2n) is 4.43. The van der Waals surface area contributed by atoms with Crippen LogP contribution in [-0.2, 0) is 14.8 Å². The molecule has 112 valence electrons. The van der Waals surface area contributed by atoms with Gasteiger partial charge < -0.3 is 9.84 Å². The molecule has 8 heteroatoms. The van der Waals surface area contributed by atoms with Crippen molar-refractivity contribution in [3.05, 3.63) is 28.2 Å². The van der Waals surface area contributed by atoms with E-state index in [9.17, 15) is 8.42 Å². The lowest BCUT2D eigenvalue weighted by molar-refractivity contribution is 0.0237. The summed E-state index contributed by atoms with van der Waals surface area (Å²) in [5.74, 6) is 0. The van der Waals surface area contributed by atoms with Crippen LogP contribution in [0.25, 0.3) is 0 Å². The number of ether oxygens (including phenoxy) is 1. The fraction of sp³-hybridized carbons (Fsp3) is 0.500. The number of sulfonamides is 1. The van der Waals surface area contributed by atoms with Crippen molar-refractivity contribution in [3.8, 4) is 0 Å². The highest BCUT2D eigenvalue weighted by Crippen LogP contribution is 2.28. The summed E-state index contributed by atoms with van der Waals surface area (Å²) in [6.07, 6.45) is 0.334. The van der Waals surface area contributed by atoms with Crippen molar-refractivity contribution in [1.82, 2.24) is 4.31 Å². The second-order valence-corrected chi connectivity index (χ2v) is 7.14. The Balaban J connectivity index is 2.34. The predicted octanol–water partition coefficient (Wildman–Crippen LogP) is 1.77. The minimum atomic E-state index is -3.67. The van der Waals surface area contributed by atoms with Crippen molar-refractivity contribution in [2.24, 2.45) is 0 Å². The number of benzene rings is 1. The highest BCUT2D eigenvalue weighted by atomic mass is 35.5. The molecule has 0 bridgehead atoms. The summed E-state index contributed by atoms with van der Waals surface area (Å²) in [4.78, 5) is 0.0942. The smallest absolute Gasteiger partial charge is 0.243 e. The Morgan fingerprint density at radius 1 is 1.35 bits per heavy atom. The first-order valence-corrected chi connectivity index (χ1v) is 8.32. The van der Waals surface area contributed by atoms with Gasteiger partial charge in [-0.25, -0.2) is 8.42 Å². The fourth-order valence-corrected chi connectivity index (χ4v) is 4.12. The Hall–Kier alpha value is -0.370. The molecule has 1 fully saturated rings. The van der Waals surface area contributed by atoms with Gasteiger partial charge in [-0.1, -0.05) is 23.2 Å². The summed E-state index contributed by atoms with van der Waals surface area (Å²) in [7, 11) is -3.67. The van der Waals surface area contributed by atoms with Gasteiger partial charge in [0.25, 0.3) is 0 Å². The maximum absolute atomic E-state index is 12.6. The number of rotatable bonds is 4. The van der Waals surface area contributed by atoms with Crippen molar-refractivity contribution < 1.29 is 18.3 Å². The van der Waals surface area contributed by atoms with E-state index in [0.29, 0.717) is 18.1 Å². The molecule has 1 aromatic rings. The standard InChI is InChI=1S/C12H15Cl2NO4S/c13-11-2-1-10(7-12(11)14)20(17,18)15-4-6-19-8-9(15)3-5-16/h1-2,7,9,16H,3-6,8H2/t9-/m1/s1. The summed E-state index contributed by atoms with van der Waals surface area (Å²) in [5, 5.41) is 9.54. The van der Waals surface area contributed by atoms with Gasteiger partial charge in [-0.3, -0.25) is 0 Å². The van der Waals surface area contributed by atoms with Crippen molar-refractivity contribution in [3.63, 3.8) is 0 Å². The van der Waals surface area contributed by atoms with E-state index in [4.69, 9.17) is 33.0 Å². The maximum atomic E-state index is 12.6. The number of nitrogens with zero attached hydrogens (tertiary/aromatic N) is 1. The lowest BCUT2D eigenvalue weighted by Gasteiger charge is -2.34. The molecule has 0 amide bonds. The first kappa shape index (κ1) is 16.0. The Morgan fingerprint density at radius 2 is 2.10 bits per heavy atom. The van der Waals surface area contributed by atoms with Gasteiger partial charge in [-0.05, 0) is 24.6 Å². The van der Waals surface area contributed by atoms with E-state index in [-0.39, 0.29) is 35.7 Å². The van der Waals surface area contributed by atoms with Gasteiger partial charge in [0.15, 0.2) is 0 Å². The topological polar surface area (TPSA) is 66.8 Å². The van der Waals surface area contributed by atoms with Gasteiger partial charge in [-0.2, -0.15) is 4.31 Å². The summed E-state index contributed by atoms with van der Waals surface area (Å²) in [6.45, 7) is 0.776. The van der Waals surface area contributed by atoms with Gasteiger partial charge in [0.05, 0.1) is 34.2 Å². The van der Waals surface area contributed by atoms with Crippen LogP contribution in [0.3, 0.4) is 0 Å². The molecule has 0 aliphatic carbocycles. The average molecular weight is 340 g/mol. The first-order chi connectivity index (χ1) is 9.46. The van der Waals surface area contributed by atoms with Crippen LogP contribution in [0.1, 0.15) is 6.42 Å². The molecule has 0 unspecified atom stereocenters. The normalized spacial score (nSPS) is 21.1. The van der Waals surface area contributed by atoms with Gasteiger partial charge in [0.2, 0.25) is 10.0 Å². The number of hydrogen-bond donors (Lipinski definition) is 1. The molecular weight excluding hydrogens is 325 g/mol. The van der Waals surface area contributed by atoms with Crippen LogP contribution in [0.15, 0.2) is 23.1 Å². The zero-order valence-electron chi connectivity index (χ0n) is 10.6. The Bertz CT molecular complexity index is 577. The largest absolute Gasteiger partial charge is 0.396 e. The molecule has 1 aliphatic rings. The lowest BCUT2D eigenvalue weighted by Crippen LogP contribution is -2.48. The third-order valence-corrected chi connectivity index (χ3v) is 5.82. The molecule has 1 saturated heterocycles. The predicted molar refractivity (Wildman–Crippen MR) is 76.7 cm³/mol. The molecule has 1 heterocycles. The van der Waals surface area contributed by atoms with E-state index < -0.39 is 10.0 Å². The van der Waals surface area contributed by atoms with Gasteiger partial charge in [-0.15, -0.1) is 0 Å². The van der Waals surface area contributed by atoms with E-state index >= 15 is 0 Å². The van der Waals surface area contributed by atoms with Gasteiger partial charge >= 0.3 is 0 Å². The molecule has 20 heavy (non-hydrogen) atoms. The number of aliphatic hydroxyl groups is 1. The molecule has 1 N–H and O–H groups in total. The van der Waals surface area contributed by atoms with Crippen LogP contribution in [-0.4, -0.2) is 50.2 Å². The molecule has 1 aromatic carbocycles. The third kappa shape index (κ3) is 3.27. The number of hydrogen-bond acceptors (Lipinski definition) is 4. The maximum Gasteiger partial charge on any atom is 0.243 e. The van der Waals surface area contributed by atoms with Crippen molar-refractivity contribution >= 4 is 33.2 Å². The van der Waals surface area contributed by atoms with Crippen LogP contribution < -0.4 is 0 Å². The summed E-state index contributed by atoms with van der Waals surface area (Å²) in [5.41, 5.74) is 0. The number of aliphatic hydroxyl groups excluding tert-OH is 1. The third-order valence-electron chi connectivity index (χ3n) is 3.13. The van der Waals surface area contributed by atoms with E-state index in [1.807, 2.05) is 0 Å². The molecule has 0 aromatic heterocycles. The van der Waals surface area contributed by atoms with Crippen molar-refractivity contribution in [2.75, 3.05) is 26.4 Å². The zero-order valence-corrected chi connectivity index (χ0v) is 13.0. The molecular formula is C12H15Cl2NO4S. The van der Waals surface area contributed by atoms with Crippen molar-refractivity contribution in [1.29, 1.82) is 0 Å². The van der Waals surface area contributed by atoms with Gasteiger partial charge in [0, 0.05) is 13.2 Å². The second kappa shape index (κ2) is 6.60. The van der Waals surface area contributed by atoms with E-state index in [2.05, 4.69) is 0 Å². The van der Waals surface area contributed by atoms with Crippen LogP contribution in [0, 0.1) is 0 Å². The molecule has 2 rings (SSSR count). The number of morpholine rings is 1.